The fourth-order valence-electron chi connectivity index (χ4n) is 2.46. The van der Waals surface area contributed by atoms with Gasteiger partial charge in [-0.15, -0.1) is 0 Å². The summed E-state index contributed by atoms with van der Waals surface area (Å²) in [6, 6.07) is 6.10. The van der Waals surface area contributed by atoms with E-state index in [-0.39, 0.29) is 0 Å². The summed E-state index contributed by atoms with van der Waals surface area (Å²) in [6.45, 7) is 5.28. The molecule has 0 aliphatic rings. The molecule has 25 heavy (non-hydrogen) atoms. The summed E-state index contributed by atoms with van der Waals surface area (Å²) in [5, 5.41) is 11.4. The van der Waals surface area contributed by atoms with Gasteiger partial charge in [-0.25, -0.2) is 9.97 Å². The Bertz CT molecular complexity index is 912. The van der Waals surface area contributed by atoms with E-state index in [0.717, 1.165) is 22.5 Å². The van der Waals surface area contributed by atoms with Gasteiger partial charge in [-0.05, 0) is 37.1 Å². The van der Waals surface area contributed by atoms with Crippen LogP contribution in [0.25, 0.3) is 11.0 Å². The number of nitrogens with two attached hydrogens (primary N) is 1. The van der Waals surface area contributed by atoms with Crippen LogP contribution in [-0.2, 0) is 7.05 Å². The molecule has 3 aromatic rings. The Labute approximate surface area is 146 Å². The molecular formula is C17H22N8. The van der Waals surface area contributed by atoms with Crippen LogP contribution in [0.2, 0.25) is 0 Å². The molecule has 0 saturated carbocycles. The fourth-order valence-corrected chi connectivity index (χ4v) is 2.46. The first-order valence-corrected chi connectivity index (χ1v) is 8.05. The van der Waals surface area contributed by atoms with Crippen molar-refractivity contribution in [1.29, 1.82) is 0 Å². The average Bonchev–Trinajstić information content (AvgIpc) is 2.97. The Morgan fingerprint density at radius 2 is 2.08 bits per heavy atom. The molecule has 0 fully saturated rings. The van der Waals surface area contributed by atoms with Gasteiger partial charge in [0.2, 0.25) is 0 Å². The number of guanidine groups is 1. The van der Waals surface area contributed by atoms with E-state index in [9.17, 15) is 0 Å². The van der Waals surface area contributed by atoms with Crippen LogP contribution in [0, 0.1) is 13.8 Å². The number of benzene rings is 1. The summed E-state index contributed by atoms with van der Waals surface area (Å²) in [5.74, 6) is 1.13. The molecule has 3 rings (SSSR count). The van der Waals surface area contributed by atoms with Crippen LogP contribution in [0.5, 0.6) is 0 Å². The lowest BCUT2D eigenvalue weighted by Gasteiger charge is -2.08. The van der Waals surface area contributed by atoms with E-state index >= 15 is 0 Å². The summed E-state index contributed by atoms with van der Waals surface area (Å²) in [4.78, 5) is 12.8. The zero-order chi connectivity index (χ0) is 17.8. The first-order chi connectivity index (χ1) is 12.0. The van der Waals surface area contributed by atoms with Gasteiger partial charge in [0.15, 0.2) is 11.6 Å². The number of nitrogens with zero attached hydrogens (tertiary/aromatic N) is 5. The molecule has 0 saturated heterocycles. The van der Waals surface area contributed by atoms with Gasteiger partial charge < -0.3 is 16.4 Å². The molecule has 2 aromatic heterocycles. The van der Waals surface area contributed by atoms with Crippen molar-refractivity contribution in [2.45, 2.75) is 13.8 Å². The van der Waals surface area contributed by atoms with Gasteiger partial charge in [0.25, 0.3) is 0 Å². The quantitative estimate of drug-likeness (QED) is 0.372. The lowest BCUT2D eigenvalue weighted by atomic mass is 10.1. The van der Waals surface area contributed by atoms with Crippen molar-refractivity contribution in [2.24, 2.45) is 17.8 Å². The zero-order valence-electron chi connectivity index (χ0n) is 14.6. The molecule has 2 heterocycles. The molecule has 0 atom stereocenters. The summed E-state index contributed by atoms with van der Waals surface area (Å²) in [6.07, 6.45) is 3.27. The number of aryl methyl sites for hydroxylation is 3. The lowest BCUT2D eigenvalue weighted by molar-refractivity contribution is 0.785. The van der Waals surface area contributed by atoms with Gasteiger partial charge in [0.05, 0.1) is 18.1 Å². The van der Waals surface area contributed by atoms with Gasteiger partial charge in [-0.1, -0.05) is 6.07 Å². The molecule has 0 spiro atoms. The third-order valence-electron chi connectivity index (χ3n) is 4.00. The maximum absolute atomic E-state index is 5.94. The van der Waals surface area contributed by atoms with Crippen LogP contribution in [-0.4, -0.2) is 38.8 Å². The van der Waals surface area contributed by atoms with Crippen molar-refractivity contribution in [3.8, 4) is 0 Å². The predicted molar refractivity (Wildman–Crippen MR) is 101 cm³/mol. The lowest BCUT2D eigenvalue weighted by Crippen LogP contribution is -2.24. The number of aliphatic imine (C=N–C) groups is 1. The SMILES string of the molecule is Cc1ccc(NC(N)=NCCNc2ncnc3c2cnn3C)cc1C. The maximum atomic E-state index is 5.94. The minimum atomic E-state index is 0.388. The van der Waals surface area contributed by atoms with Crippen LogP contribution in [0.1, 0.15) is 11.1 Å². The third kappa shape index (κ3) is 3.85. The number of hydrogen-bond acceptors (Lipinski definition) is 5. The van der Waals surface area contributed by atoms with E-state index in [0.29, 0.717) is 19.0 Å². The summed E-state index contributed by atoms with van der Waals surface area (Å²) >= 11 is 0. The topological polar surface area (TPSA) is 106 Å². The molecule has 0 bridgehead atoms. The van der Waals surface area contributed by atoms with Crippen molar-refractivity contribution >= 4 is 28.5 Å². The largest absolute Gasteiger partial charge is 0.370 e. The van der Waals surface area contributed by atoms with Gasteiger partial charge in [-0.2, -0.15) is 5.10 Å². The normalized spacial score (nSPS) is 11.7. The van der Waals surface area contributed by atoms with E-state index < -0.39 is 0 Å². The summed E-state index contributed by atoms with van der Waals surface area (Å²) < 4.78 is 1.71. The number of hydrogen-bond donors (Lipinski definition) is 3. The Hall–Kier alpha value is -3.16. The van der Waals surface area contributed by atoms with Crippen molar-refractivity contribution in [2.75, 3.05) is 23.7 Å². The maximum Gasteiger partial charge on any atom is 0.193 e. The molecule has 0 radical (unpaired) electrons. The molecule has 4 N–H and O–H groups in total. The van der Waals surface area contributed by atoms with Gasteiger partial charge in [0, 0.05) is 19.3 Å². The average molecular weight is 338 g/mol. The number of fused-ring (bicyclic) bond motifs is 1. The Morgan fingerprint density at radius 1 is 1.24 bits per heavy atom. The molecule has 1 aromatic carbocycles. The van der Waals surface area contributed by atoms with Gasteiger partial charge in [0.1, 0.15) is 12.1 Å². The highest BCUT2D eigenvalue weighted by Gasteiger charge is 2.06. The monoisotopic (exact) mass is 338 g/mol. The van der Waals surface area contributed by atoms with Crippen LogP contribution < -0.4 is 16.4 Å². The van der Waals surface area contributed by atoms with Crippen molar-refractivity contribution < 1.29 is 0 Å². The molecule has 130 valence electrons. The Morgan fingerprint density at radius 3 is 2.88 bits per heavy atom. The number of anilines is 2. The van der Waals surface area contributed by atoms with Crippen molar-refractivity contribution in [3.63, 3.8) is 0 Å². The molecule has 0 aliphatic carbocycles. The second-order valence-corrected chi connectivity index (χ2v) is 5.85. The van der Waals surface area contributed by atoms with E-state index in [1.165, 1.54) is 17.5 Å². The van der Waals surface area contributed by atoms with E-state index in [4.69, 9.17) is 5.73 Å². The second kappa shape index (κ2) is 7.16. The first kappa shape index (κ1) is 16.7. The second-order valence-electron chi connectivity index (χ2n) is 5.85. The van der Waals surface area contributed by atoms with Crippen molar-refractivity contribution in [1.82, 2.24) is 19.7 Å². The fraction of sp³-hybridized carbons (Fsp3) is 0.294. The van der Waals surface area contributed by atoms with Crippen LogP contribution in [0.4, 0.5) is 11.5 Å². The molecule has 8 heteroatoms. The summed E-state index contributed by atoms with van der Waals surface area (Å²) in [7, 11) is 1.85. The highest BCUT2D eigenvalue weighted by Crippen LogP contribution is 2.17. The van der Waals surface area contributed by atoms with Gasteiger partial charge >= 0.3 is 0 Å². The minimum Gasteiger partial charge on any atom is -0.370 e. The van der Waals surface area contributed by atoms with Crippen LogP contribution in [0.15, 0.2) is 35.7 Å². The molecule has 0 amide bonds. The number of aromatic nitrogens is 4. The van der Waals surface area contributed by atoms with Crippen molar-refractivity contribution in [3.05, 3.63) is 41.9 Å². The highest BCUT2D eigenvalue weighted by molar-refractivity contribution is 5.92. The molecule has 0 unspecified atom stereocenters. The zero-order valence-corrected chi connectivity index (χ0v) is 14.6. The van der Waals surface area contributed by atoms with E-state index in [1.54, 1.807) is 10.9 Å². The van der Waals surface area contributed by atoms with Gasteiger partial charge in [-0.3, -0.25) is 9.67 Å². The van der Waals surface area contributed by atoms with Crippen LogP contribution in [0.3, 0.4) is 0 Å². The predicted octanol–water partition coefficient (Wildman–Crippen LogP) is 1.82. The smallest absolute Gasteiger partial charge is 0.193 e. The van der Waals surface area contributed by atoms with E-state index in [2.05, 4.69) is 56.7 Å². The highest BCUT2D eigenvalue weighted by atomic mass is 15.3. The van der Waals surface area contributed by atoms with Crippen LogP contribution >= 0.6 is 0 Å². The van der Waals surface area contributed by atoms with E-state index in [1.807, 2.05) is 13.1 Å². The first-order valence-electron chi connectivity index (χ1n) is 8.05. The molecule has 8 nitrogen and oxygen atoms in total. The Kier molecular flexibility index (Phi) is 4.78. The third-order valence-corrected chi connectivity index (χ3v) is 4.00. The number of rotatable bonds is 5. The summed E-state index contributed by atoms with van der Waals surface area (Å²) in [5.41, 5.74) is 10.1. The Balaban J connectivity index is 1.56. The number of nitrogens with one attached hydrogen (secondary N) is 2. The molecule has 0 aliphatic heterocycles. The minimum absolute atomic E-state index is 0.388. The standard InChI is InChI=1S/C17H22N8/c1-11-4-5-13(8-12(11)2)24-17(18)20-7-6-19-15-14-9-23-25(3)16(14)22-10-21-15/h4-5,8-10H,6-7H2,1-3H3,(H3,18,20,24)(H,19,21,22). The molecular weight excluding hydrogens is 316 g/mol.